The largest absolute Gasteiger partial charge is 0.357 e. The molecule has 0 radical (unpaired) electrons. The average Bonchev–Trinajstić information content (AvgIpc) is 4.23. The lowest BCUT2D eigenvalue weighted by atomic mass is 9.96. The van der Waals surface area contributed by atoms with Crippen LogP contribution in [0, 0.1) is 39.9 Å². The summed E-state index contributed by atoms with van der Waals surface area (Å²) in [6, 6.07) is 19.5. The molecule has 6 aliphatic rings. The molecule has 3 aromatic heterocycles. The Morgan fingerprint density at radius 2 is 1.09 bits per heavy atom. The summed E-state index contributed by atoms with van der Waals surface area (Å²) in [4.78, 5) is 37.8. The Hall–Kier alpha value is -7.32. The fourth-order valence-electron chi connectivity index (χ4n) is 8.85. The van der Waals surface area contributed by atoms with Crippen molar-refractivity contribution in [1.82, 2.24) is 55.8 Å². The number of nitrogens with one attached hydrogen (secondary N) is 7. The molecule has 0 unspecified atom stereocenters. The van der Waals surface area contributed by atoms with Crippen molar-refractivity contribution in [2.45, 2.75) is 110 Å². The zero-order valence-electron chi connectivity index (χ0n) is 43.0. The normalized spacial score (nSPS) is 19.7. The first-order valence-electron chi connectivity index (χ1n) is 25.5. The first-order valence-corrected chi connectivity index (χ1v) is 28.1. The SMILES string of the molecule is CNc1nc(C(C#N)=C2NC(C)=CS2)nc(N2CCC(C)CC2)n1.CNc1nc(NC2CCCCC2)nc(C(C#N)=C2NC(C)=CS2)n1.N#CC(=C1NC(c2ccccc2)=CS1)c1ccnc(NC2CCCCC2)n1. The van der Waals surface area contributed by atoms with Crippen molar-refractivity contribution in [3.05, 3.63) is 108 Å². The Morgan fingerprint density at radius 3 is 1.64 bits per heavy atom. The van der Waals surface area contributed by atoms with Crippen LogP contribution < -0.4 is 42.1 Å². The standard InChI is InChI=1S/C21H21N5S.2C16H21N7S/c22-13-17(20-25-19(14-27-20)15-7-3-1-4-8-15)18-11-12-23-21(26-18)24-16-9-5-2-6-10-16;1-10-4-6-23(7-5-10)16-21-13(20-15(18-3)22-16)12(8-17)14-19-11(2)9-24-14;1-10-9-24-14(19-10)12(8-17)13-21-15(18-2)23-16(22-13)20-11-6-4-3-5-7-11/h1,3-4,7-8,11-12,14,16,25H,2,5-6,9-10H2,(H,23,24,26);9-10,19H,4-7H2,1-3H3,(H,18,20,21,22);9,11,19H,3-7H2,1-2H3,(H2,18,20,21,22,23). The van der Waals surface area contributed by atoms with Crippen LogP contribution >= 0.6 is 35.3 Å². The highest BCUT2D eigenvalue weighted by Crippen LogP contribution is 2.36. The van der Waals surface area contributed by atoms with Crippen LogP contribution in [0.4, 0.5) is 29.7 Å². The number of rotatable bonds is 11. The Bertz CT molecular complexity index is 2980. The molecule has 0 atom stereocenters. The van der Waals surface area contributed by atoms with Gasteiger partial charge in [-0.05, 0) is 80.7 Å². The maximum Gasteiger partial charge on any atom is 0.230 e. The predicted octanol–water partition coefficient (Wildman–Crippen LogP) is 10.3. The fourth-order valence-corrected chi connectivity index (χ4v) is 11.4. The quantitative estimate of drug-likeness (QED) is 0.0689. The molecule has 3 fully saturated rings. The number of thioether (sulfide) groups is 3. The van der Waals surface area contributed by atoms with E-state index in [1.165, 1.54) is 73.8 Å². The van der Waals surface area contributed by atoms with Gasteiger partial charge in [0.1, 0.15) is 34.9 Å². The van der Waals surface area contributed by atoms with E-state index in [0.717, 1.165) is 95.3 Å². The molecule has 1 aromatic carbocycles. The number of hydrogen-bond donors (Lipinski definition) is 7. The molecule has 19 nitrogen and oxygen atoms in total. The van der Waals surface area contributed by atoms with Gasteiger partial charge in [0.15, 0.2) is 11.6 Å². The minimum absolute atomic E-state index is 0.383. The third-order valence-corrected chi connectivity index (χ3v) is 15.9. The number of hydrogen-bond acceptors (Lipinski definition) is 22. The molecule has 10 rings (SSSR count). The van der Waals surface area contributed by atoms with Crippen LogP contribution in [-0.2, 0) is 0 Å². The van der Waals surface area contributed by atoms with Gasteiger partial charge in [0, 0.05) is 62.3 Å². The van der Waals surface area contributed by atoms with Crippen molar-refractivity contribution in [2.75, 3.05) is 53.4 Å². The number of anilines is 5. The predicted molar refractivity (Wildman–Crippen MR) is 304 cm³/mol. The third kappa shape index (κ3) is 14.7. The second kappa shape index (κ2) is 26.8. The highest BCUT2D eigenvalue weighted by molar-refractivity contribution is 8.06. The molecule has 4 aliphatic heterocycles. The molecule has 4 aromatic rings. The van der Waals surface area contributed by atoms with Gasteiger partial charge in [-0.2, -0.15) is 45.7 Å². The van der Waals surface area contributed by atoms with Crippen LogP contribution in [0.2, 0.25) is 0 Å². The second-order valence-corrected chi connectivity index (χ2v) is 21.3. The summed E-state index contributed by atoms with van der Waals surface area (Å²) in [5, 5.41) is 59.7. The first kappa shape index (κ1) is 54.0. The molecule has 0 bridgehead atoms. The van der Waals surface area contributed by atoms with Crippen molar-refractivity contribution >= 4 is 87.4 Å². The molecule has 388 valence electrons. The topological polar surface area (TPSA) is 262 Å². The molecule has 2 saturated carbocycles. The van der Waals surface area contributed by atoms with Crippen molar-refractivity contribution in [3.8, 4) is 18.2 Å². The van der Waals surface area contributed by atoms with E-state index in [1.54, 1.807) is 26.4 Å². The number of nitrogens with zero attached hydrogens (tertiary/aromatic N) is 12. The number of benzene rings is 1. The van der Waals surface area contributed by atoms with E-state index in [1.807, 2.05) is 60.4 Å². The average molecular weight is 1060 g/mol. The Labute approximate surface area is 452 Å². The summed E-state index contributed by atoms with van der Waals surface area (Å²) in [6.07, 6.45) is 16.1. The monoisotopic (exact) mass is 1060 g/mol. The minimum atomic E-state index is 0.383. The van der Waals surface area contributed by atoms with E-state index in [-0.39, 0.29) is 0 Å². The zero-order valence-corrected chi connectivity index (χ0v) is 45.4. The van der Waals surface area contributed by atoms with Gasteiger partial charge in [-0.15, -0.1) is 0 Å². The van der Waals surface area contributed by atoms with E-state index < -0.39 is 0 Å². The van der Waals surface area contributed by atoms with Gasteiger partial charge in [0.25, 0.3) is 0 Å². The number of allylic oxidation sites excluding steroid dienone is 5. The summed E-state index contributed by atoms with van der Waals surface area (Å²) in [7, 11) is 3.53. The Morgan fingerprint density at radius 1 is 0.573 bits per heavy atom. The fraction of sp³-hybridized carbons (Fsp3) is 0.415. The molecule has 75 heavy (non-hydrogen) atoms. The third-order valence-electron chi connectivity index (χ3n) is 13.0. The zero-order chi connectivity index (χ0) is 52.5. The summed E-state index contributed by atoms with van der Waals surface area (Å²) in [5.74, 6) is 4.23. The molecule has 0 spiro atoms. The van der Waals surface area contributed by atoms with E-state index >= 15 is 0 Å². The maximum absolute atomic E-state index is 9.74. The number of aromatic nitrogens is 8. The maximum atomic E-state index is 9.74. The van der Waals surface area contributed by atoms with E-state index in [4.69, 9.17) is 0 Å². The molecule has 7 heterocycles. The van der Waals surface area contributed by atoms with Crippen LogP contribution in [-0.4, -0.2) is 79.1 Å². The Kier molecular flexibility index (Phi) is 19.3. The summed E-state index contributed by atoms with van der Waals surface area (Å²) < 4.78 is 0. The molecule has 2 aliphatic carbocycles. The first-order chi connectivity index (χ1) is 36.6. The number of nitriles is 3. The minimum Gasteiger partial charge on any atom is -0.357 e. The summed E-state index contributed by atoms with van der Waals surface area (Å²) in [5.41, 5.74) is 6.16. The smallest absolute Gasteiger partial charge is 0.230 e. The summed E-state index contributed by atoms with van der Waals surface area (Å²) in [6.45, 7) is 8.05. The summed E-state index contributed by atoms with van der Waals surface area (Å²) >= 11 is 4.48. The molecule has 0 amide bonds. The molecule has 7 N–H and O–H groups in total. The van der Waals surface area contributed by atoms with Crippen molar-refractivity contribution in [1.29, 1.82) is 15.8 Å². The van der Waals surface area contributed by atoms with Gasteiger partial charge in [-0.1, -0.05) is 111 Å². The highest BCUT2D eigenvalue weighted by Gasteiger charge is 2.25. The van der Waals surface area contributed by atoms with Crippen LogP contribution in [0.3, 0.4) is 0 Å². The lowest BCUT2D eigenvalue weighted by molar-refractivity contribution is 0.434. The van der Waals surface area contributed by atoms with Crippen LogP contribution in [0.5, 0.6) is 0 Å². The van der Waals surface area contributed by atoms with Crippen LogP contribution in [0.1, 0.15) is 121 Å². The van der Waals surface area contributed by atoms with Gasteiger partial charge in [0.2, 0.25) is 29.7 Å². The second-order valence-electron chi connectivity index (χ2n) is 18.7. The number of piperidine rings is 1. The van der Waals surface area contributed by atoms with E-state index in [2.05, 4.69) is 107 Å². The van der Waals surface area contributed by atoms with Gasteiger partial charge in [-0.3, -0.25) is 0 Å². The molecule has 22 heteroatoms. The molecular weight excluding hydrogens is 999 g/mol. The van der Waals surface area contributed by atoms with Gasteiger partial charge in [-0.25, -0.2) is 9.97 Å². The molecule has 1 saturated heterocycles. The van der Waals surface area contributed by atoms with Gasteiger partial charge < -0.3 is 42.1 Å². The lowest BCUT2D eigenvalue weighted by Gasteiger charge is -2.30. The van der Waals surface area contributed by atoms with Gasteiger partial charge in [0.05, 0.1) is 26.5 Å². The molecular formula is C53H63N19S3. The van der Waals surface area contributed by atoms with Gasteiger partial charge >= 0.3 is 0 Å². The van der Waals surface area contributed by atoms with Crippen molar-refractivity contribution in [2.24, 2.45) is 5.92 Å². The Balaban J connectivity index is 0.000000150. The van der Waals surface area contributed by atoms with Crippen LogP contribution in [0.15, 0.2) is 85.3 Å². The van der Waals surface area contributed by atoms with E-state index in [9.17, 15) is 15.8 Å². The van der Waals surface area contributed by atoms with Crippen molar-refractivity contribution in [3.63, 3.8) is 0 Å². The lowest BCUT2D eigenvalue weighted by Crippen LogP contribution is -2.34. The highest BCUT2D eigenvalue weighted by atomic mass is 32.2. The van der Waals surface area contributed by atoms with Crippen LogP contribution in [0.25, 0.3) is 22.4 Å². The van der Waals surface area contributed by atoms with E-state index in [0.29, 0.717) is 75.9 Å². The van der Waals surface area contributed by atoms with Crippen molar-refractivity contribution < 1.29 is 0 Å².